The molecule has 1 aliphatic heterocycles. The number of carbonyl (C=O) groups excluding carboxylic acids is 1. The van der Waals surface area contributed by atoms with Crippen molar-refractivity contribution < 1.29 is 17.1 Å². The van der Waals surface area contributed by atoms with Gasteiger partial charge in [-0.25, -0.2) is 9.97 Å². The van der Waals surface area contributed by atoms with Crippen molar-refractivity contribution in [2.24, 2.45) is 5.92 Å². The zero-order valence-electron chi connectivity index (χ0n) is 9.38. The first-order valence-corrected chi connectivity index (χ1v) is 7.89. The molecule has 0 bridgehead atoms. The molecule has 1 fully saturated rings. The Morgan fingerprint density at radius 2 is 2.26 bits per heavy atom. The monoisotopic (exact) mass is 371 g/mol. The predicted octanol–water partition coefficient (Wildman–Crippen LogP) is 1.54. The average Bonchev–Trinajstić information content (AvgIpc) is 2.56. The highest BCUT2D eigenvalue weighted by Gasteiger charge is 2.35. The van der Waals surface area contributed by atoms with E-state index < -0.39 is 21.9 Å². The van der Waals surface area contributed by atoms with Crippen LogP contribution in [0.5, 0.6) is 0 Å². The van der Waals surface area contributed by atoms with E-state index in [0.717, 1.165) is 0 Å². The maximum absolute atomic E-state index is 12.6. The molecule has 1 aromatic heterocycles. The molecule has 0 radical (unpaired) electrons. The number of nitrogens with zero attached hydrogens (tertiary/aromatic N) is 3. The lowest BCUT2D eigenvalue weighted by Gasteiger charge is -2.15. The highest BCUT2D eigenvalue weighted by atomic mass is 79.9. The highest BCUT2D eigenvalue weighted by Crippen LogP contribution is 2.29. The van der Waals surface area contributed by atoms with Crippen molar-refractivity contribution in [3.63, 3.8) is 0 Å². The molecule has 0 spiro atoms. The Kier molecular flexibility index (Phi) is 4.07. The van der Waals surface area contributed by atoms with Crippen LogP contribution in [-0.4, -0.2) is 36.6 Å². The fourth-order valence-electron chi connectivity index (χ4n) is 1.90. The predicted molar refractivity (Wildman–Crippen MR) is 70.1 cm³/mol. The van der Waals surface area contributed by atoms with Gasteiger partial charge in [-0.05, 0) is 15.9 Å². The van der Waals surface area contributed by atoms with Crippen molar-refractivity contribution in [1.29, 1.82) is 0 Å². The number of carbonyl (C=O) groups is 1. The number of anilines is 1. The third kappa shape index (κ3) is 3.61. The molecule has 104 valence electrons. The Balaban J connectivity index is 2.20. The molecule has 0 aliphatic carbocycles. The summed E-state index contributed by atoms with van der Waals surface area (Å²) in [5.74, 6) is -1.50. The van der Waals surface area contributed by atoms with Gasteiger partial charge in [0.25, 0.3) is 0 Å². The molecule has 2 heterocycles. The van der Waals surface area contributed by atoms with Gasteiger partial charge in [-0.2, -0.15) is 8.42 Å². The number of halogens is 3. The molecule has 1 atom stereocenters. The molecule has 1 amide bonds. The fourth-order valence-corrected chi connectivity index (χ4v) is 3.31. The highest BCUT2D eigenvalue weighted by molar-refractivity contribution is 9.10. The number of aromatic nitrogens is 2. The van der Waals surface area contributed by atoms with Crippen LogP contribution in [0.1, 0.15) is 6.42 Å². The molecular formula is C9H8BrClFN3O3S. The van der Waals surface area contributed by atoms with Crippen LogP contribution in [0.3, 0.4) is 0 Å². The van der Waals surface area contributed by atoms with Gasteiger partial charge < -0.3 is 0 Å². The van der Waals surface area contributed by atoms with E-state index in [4.69, 9.17) is 11.6 Å². The van der Waals surface area contributed by atoms with E-state index in [1.807, 2.05) is 0 Å². The summed E-state index contributed by atoms with van der Waals surface area (Å²) in [6.45, 7) is 0.0536. The molecule has 0 aromatic carbocycles. The summed E-state index contributed by atoms with van der Waals surface area (Å²) in [4.78, 5) is 20.8. The Hall–Kier alpha value is -0.800. The van der Waals surface area contributed by atoms with Crippen LogP contribution in [0, 0.1) is 5.92 Å². The van der Waals surface area contributed by atoms with Crippen LogP contribution in [0.4, 0.5) is 9.70 Å². The van der Waals surface area contributed by atoms with Crippen molar-refractivity contribution in [3.8, 4) is 0 Å². The molecule has 19 heavy (non-hydrogen) atoms. The number of hydrogen-bond donors (Lipinski definition) is 0. The Labute approximate surface area is 122 Å². The van der Waals surface area contributed by atoms with Crippen molar-refractivity contribution in [3.05, 3.63) is 16.0 Å². The zero-order valence-corrected chi connectivity index (χ0v) is 12.5. The first-order valence-electron chi connectivity index (χ1n) is 5.17. The molecule has 6 nitrogen and oxygen atoms in total. The third-order valence-corrected chi connectivity index (χ3v) is 4.08. The molecule has 1 aliphatic rings. The second kappa shape index (κ2) is 5.29. The molecule has 0 saturated carbocycles. The topological polar surface area (TPSA) is 80.2 Å². The second-order valence-corrected chi connectivity index (χ2v) is 6.67. The third-order valence-electron chi connectivity index (χ3n) is 2.58. The summed E-state index contributed by atoms with van der Waals surface area (Å²) < 4.78 is 34.2. The fraction of sp³-hybridized carbons (Fsp3) is 0.444. The molecule has 10 heteroatoms. The summed E-state index contributed by atoms with van der Waals surface area (Å²) in [6.07, 6.45) is 1.31. The first-order chi connectivity index (χ1) is 8.76. The van der Waals surface area contributed by atoms with Gasteiger partial charge in [0.2, 0.25) is 5.91 Å². The van der Waals surface area contributed by atoms with Gasteiger partial charge in [0.05, 0.1) is 11.9 Å². The van der Waals surface area contributed by atoms with Crippen LogP contribution in [0.2, 0.25) is 5.15 Å². The van der Waals surface area contributed by atoms with Gasteiger partial charge in [-0.15, -0.1) is 3.89 Å². The summed E-state index contributed by atoms with van der Waals surface area (Å²) >= 11 is 8.95. The Morgan fingerprint density at radius 1 is 1.58 bits per heavy atom. The second-order valence-electron chi connectivity index (χ2n) is 4.09. The van der Waals surface area contributed by atoms with Crippen LogP contribution in [0.25, 0.3) is 0 Å². The number of amides is 1. The van der Waals surface area contributed by atoms with Gasteiger partial charge in [-0.3, -0.25) is 9.69 Å². The van der Waals surface area contributed by atoms with Crippen LogP contribution in [-0.2, 0) is 15.0 Å². The molecule has 1 saturated heterocycles. The maximum Gasteiger partial charge on any atom is 0.302 e. The normalized spacial score (nSPS) is 20.1. The van der Waals surface area contributed by atoms with Gasteiger partial charge in [0.15, 0.2) is 11.0 Å². The number of hydrogen-bond acceptors (Lipinski definition) is 5. The van der Waals surface area contributed by atoms with Gasteiger partial charge >= 0.3 is 10.2 Å². The van der Waals surface area contributed by atoms with E-state index in [1.54, 1.807) is 0 Å². The summed E-state index contributed by atoms with van der Waals surface area (Å²) in [7, 11) is -4.61. The lowest BCUT2D eigenvalue weighted by molar-refractivity contribution is -0.117. The van der Waals surface area contributed by atoms with Crippen molar-refractivity contribution in [1.82, 2.24) is 9.97 Å². The van der Waals surface area contributed by atoms with Gasteiger partial charge in [0.1, 0.15) is 4.60 Å². The molecule has 2 rings (SSSR count). The molecule has 0 N–H and O–H groups in total. The largest absolute Gasteiger partial charge is 0.302 e. The van der Waals surface area contributed by atoms with Crippen LogP contribution < -0.4 is 4.90 Å². The first kappa shape index (κ1) is 14.6. The minimum absolute atomic E-state index is 0.0199. The minimum Gasteiger partial charge on any atom is -0.294 e. The van der Waals surface area contributed by atoms with Crippen LogP contribution >= 0.6 is 27.5 Å². The van der Waals surface area contributed by atoms with E-state index in [2.05, 4.69) is 25.9 Å². The quantitative estimate of drug-likeness (QED) is 0.752. The molecule has 1 aromatic rings. The van der Waals surface area contributed by atoms with Crippen molar-refractivity contribution >= 4 is 49.5 Å². The van der Waals surface area contributed by atoms with Gasteiger partial charge in [0, 0.05) is 18.9 Å². The SMILES string of the molecule is O=C1CC(CS(=O)(=O)F)CN1c1ncc(Br)nc1Cl. The maximum atomic E-state index is 12.6. The van der Waals surface area contributed by atoms with Crippen molar-refractivity contribution in [2.45, 2.75) is 6.42 Å². The zero-order chi connectivity index (χ0) is 14.2. The number of rotatable bonds is 3. The van der Waals surface area contributed by atoms with E-state index in [9.17, 15) is 17.1 Å². The molecule has 1 unspecified atom stereocenters. The minimum atomic E-state index is -4.61. The summed E-state index contributed by atoms with van der Waals surface area (Å²) in [5.41, 5.74) is 0. The van der Waals surface area contributed by atoms with Crippen LogP contribution in [0.15, 0.2) is 10.8 Å². The summed E-state index contributed by atoms with van der Waals surface area (Å²) in [5, 5.41) is 0.0199. The average molecular weight is 373 g/mol. The lowest BCUT2D eigenvalue weighted by atomic mass is 10.1. The van der Waals surface area contributed by atoms with E-state index in [1.165, 1.54) is 11.1 Å². The standard InChI is InChI=1S/C9H8BrClFN3O3S/c10-6-2-13-9(8(11)14-6)15-3-5(1-7(15)16)4-19(12,17)18/h2,5H,1,3-4H2. The smallest absolute Gasteiger partial charge is 0.294 e. The Bertz CT molecular complexity index is 627. The Morgan fingerprint density at radius 3 is 2.84 bits per heavy atom. The lowest BCUT2D eigenvalue weighted by Crippen LogP contribution is -2.26. The molecular weight excluding hydrogens is 365 g/mol. The summed E-state index contributed by atoms with van der Waals surface area (Å²) in [6, 6.07) is 0. The van der Waals surface area contributed by atoms with E-state index >= 15 is 0 Å². The van der Waals surface area contributed by atoms with Crippen molar-refractivity contribution in [2.75, 3.05) is 17.2 Å². The van der Waals surface area contributed by atoms with Gasteiger partial charge in [-0.1, -0.05) is 11.6 Å². The van der Waals surface area contributed by atoms with E-state index in [0.29, 0.717) is 4.60 Å². The van der Waals surface area contributed by atoms with E-state index in [-0.39, 0.29) is 29.8 Å².